The van der Waals surface area contributed by atoms with Crippen LogP contribution in [-0.4, -0.2) is 42.3 Å². The molecule has 1 N–H and O–H groups in total. The molecule has 0 amide bonds. The lowest BCUT2D eigenvalue weighted by molar-refractivity contribution is -0.384. The number of aliphatic hydroxyl groups is 1. The molecule has 0 bridgehead atoms. The van der Waals surface area contributed by atoms with E-state index in [2.05, 4.69) is 0 Å². The van der Waals surface area contributed by atoms with E-state index >= 15 is 0 Å². The molecule has 0 saturated carbocycles. The molecule has 1 fully saturated rings. The standard InChI is InChI=1S/C16H26F6O4S/c1-6-11(8-12-10(3)13(4,5)26-27(12,24)25)7-9(2)14(23,15(17,18)19)16(20,21)22/h9-12,23H,6-8H2,1-5H3. The summed E-state index contributed by atoms with van der Waals surface area (Å²) in [6.07, 6.45) is -12.4. The first kappa shape index (κ1) is 24.5. The average Bonchev–Trinajstić information content (AvgIpc) is 2.60. The molecule has 162 valence electrons. The predicted octanol–water partition coefficient (Wildman–Crippen LogP) is 4.43. The molecule has 0 aromatic rings. The van der Waals surface area contributed by atoms with Gasteiger partial charge in [0.15, 0.2) is 0 Å². The third-order valence-corrected chi connectivity index (χ3v) is 7.77. The molecule has 0 spiro atoms. The van der Waals surface area contributed by atoms with Gasteiger partial charge in [-0.3, -0.25) is 4.18 Å². The van der Waals surface area contributed by atoms with Crippen LogP contribution in [0.4, 0.5) is 26.3 Å². The quantitative estimate of drug-likeness (QED) is 0.502. The lowest BCUT2D eigenvalue weighted by Crippen LogP contribution is -2.61. The van der Waals surface area contributed by atoms with Crippen LogP contribution in [0, 0.1) is 17.8 Å². The maximum Gasteiger partial charge on any atom is 0.426 e. The van der Waals surface area contributed by atoms with Gasteiger partial charge in [-0.05, 0) is 32.6 Å². The Kier molecular flexibility index (Phi) is 6.68. The lowest BCUT2D eigenvalue weighted by Gasteiger charge is -2.38. The minimum absolute atomic E-state index is 0.139. The van der Waals surface area contributed by atoms with Crippen molar-refractivity contribution in [2.24, 2.45) is 17.8 Å². The van der Waals surface area contributed by atoms with E-state index in [0.717, 1.165) is 0 Å². The van der Waals surface area contributed by atoms with Crippen LogP contribution in [0.3, 0.4) is 0 Å². The third kappa shape index (κ3) is 4.55. The Morgan fingerprint density at radius 2 is 1.56 bits per heavy atom. The fourth-order valence-corrected chi connectivity index (χ4v) is 5.81. The van der Waals surface area contributed by atoms with Crippen LogP contribution >= 0.6 is 0 Å². The molecule has 1 rings (SSSR count). The van der Waals surface area contributed by atoms with Crippen LogP contribution in [-0.2, 0) is 14.3 Å². The fraction of sp³-hybridized carbons (Fsp3) is 1.00. The Labute approximate surface area is 155 Å². The molecule has 1 aliphatic rings. The summed E-state index contributed by atoms with van der Waals surface area (Å²) in [4.78, 5) is 0. The minimum atomic E-state index is -5.90. The Bertz CT molecular complexity index is 612. The van der Waals surface area contributed by atoms with Gasteiger partial charge in [-0.1, -0.05) is 27.2 Å². The van der Waals surface area contributed by atoms with Gasteiger partial charge in [0.25, 0.3) is 15.7 Å². The van der Waals surface area contributed by atoms with E-state index in [1.54, 1.807) is 27.7 Å². The van der Waals surface area contributed by atoms with E-state index in [-0.39, 0.29) is 12.8 Å². The van der Waals surface area contributed by atoms with E-state index in [0.29, 0.717) is 6.92 Å². The molecule has 0 aromatic heterocycles. The molecule has 1 heterocycles. The van der Waals surface area contributed by atoms with Crippen molar-refractivity contribution >= 4 is 10.1 Å². The first-order chi connectivity index (χ1) is 11.8. The van der Waals surface area contributed by atoms with Crippen molar-refractivity contribution in [2.45, 2.75) is 82.7 Å². The molecule has 0 radical (unpaired) electrons. The van der Waals surface area contributed by atoms with E-state index in [9.17, 15) is 39.9 Å². The van der Waals surface area contributed by atoms with Crippen LogP contribution in [0.1, 0.15) is 53.9 Å². The molecule has 1 aliphatic heterocycles. The number of hydrogen-bond donors (Lipinski definition) is 1. The van der Waals surface area contributed by atoms with Gasteiger partial charge < -0.3 is 5.11 Å². The van der Waals surface area contributed by atoms with Gasteiger partial charge in [0, 0.05) is 11.8 Å². The summed E-state index contributed by atoms with van der Waals surface area (Å²) < 4.78 is 108. The predicted molar refractivity (Wildman–Crippen MR) is 86.3 cm³/mol. The van der Waals surface area contributed by atoms with Crippen LogP contribution in [0.2, 0.25) is 0 Å². The van der Waals surface area contributed by atoms with Crippen LogP contribution < -0.4 is 0 Å². The Balaban J connectivity index is 3.08. The van der Waals surface area contributed by atoms with E-state index in [4.69, 9.17) is 4.18 Å². The third-order valence-electron chi connectivity index (χ3n) is 5.76. The van der Waals surface area contributed by atoms with Crippen molar-refractivity contribution < 1.29 is 44.0 Å². The molecule has 0 aromatic carbocycles. The van der Waals surface area contributed by atoms with Gasteiger partial charge in [0.2, 0.25) is 0 Å². The fourth-order valence-electron chi connectivity index (χ4n) is 3.60. The zero-order valence-electron chi connectivity index (χ0n) is 15.8. The van der Waals surface area contributed by atoms with E-state index in [1.165, 1.54) is 0 Å². The summed E-state index contributed by atoms with van der Waals surface area (Å²) in [5, 5.41) is 8.47. The molecule has 27 heavy (non-hydrogen) atoms. The highest BCUT2D eigenvalue weighted by Crippen LogP contribution is 2.50. The Morgan fingerprint density at radius 3 is 1.85 bits per heavy atom. The number of hydrogen-bond acceptors (Lipinski definition) is 4. The first-order valence-electron chi connectivity index (χ1n) is 8.61. The second kappa shape index (κ2) is 7.37. The maximum atomic E-state index is 13.0. The summed E-state index contributed by atoms with van der Waals surface area (Å²) in [6.45, 7) is 6.97. The maximum absolute atomic E-state index is 13.0. The Morgan fingerprint density at radius 1 is 1.11 bits per heavy atom. The molecular formula is C16H26F6O4S. The smallest absolute Gasteiger partial charge is 0.373 e. The molecule has 4 unspecified atom stereocenters. The van der Waals surface area contributed by atoms with Crippen molar-refractivity contribution in [1.82, 2.24) is 0 Å². The van der Waals surface area contributed by atoms with Gasteiger partial charge in [-0.2, -0.15) is 34.8 Å². The lowest BCUT2D eigenvalue weighted by atomic mass is 9.77. The van der Waals surface area contributed by atoms with Gasteiger partial charge in [0.05, 0.1) is 10.9 Å². The van der Waals surface area contributed by atoms with Crippen LogP contribution in [0.15, 0.2) is 0 Å². The van der Waals surface area contributed by atoms with Crippen molar-refractivity contribution in [3.63, 3.8) is 0 Å². The average molecular weight is 428 g/mol. The highest BCUT2D eigenvalue weighted by atomic mass is 32.2. The molecular weight excluding hydrogens is 402 g/mol. The summed E-state index contributed by atoms with van der Waals surface area (Å²) in [6, 6.07) is 0. The molecule has 1 saturated heterocycles. The van der Waals surface area contributed by atoms with Crippen molar-refractivity contribution in [3.05, 3.63) is 0 Å². The number of rotatable bonds is 6. The summed E-state index contributed by atoms with van der Waals surface area (Å²) in [7, 11) is -3.98. The monoisotopic (exact) mass is 428 g/mol. The topological polar surface area (TPSA) is 63.6 Å². The van der Waals surface area contributed by atoms with Crippen molar-refractivity contribution in [2.75, 3.05) is 0 Å². The van der Waals surface area contributed by atoms with Gasteiger partial charge in [-0.15, -0.1) is 0 Å². The summed E-state index contributed by atoms with van der Waals surface area (Å²) in [5.74, 6) is -3.46. The largest absolute Gasteiger partial charge is 0.426 e. The van der Waals surface area contributed by atoms with E-state index in [1.807, 2.05) is 0 Å². The SMILES string of the molecule is CCC(CC(C)C(O)(C(F)(F)F)C(F)(F)F)CC1C(C)C(C)(C)OS1(=O)=O. The summed E-state index contributed by atoms with van der Waals surface area (Å²) >= 11 is 0. The van der Waals surface area contributed by atoms with Crippen molar-refractivity contribution in [3.8, 4) is 0 Å². The second-order valence-electron chi connectivity index (χ2n) is 7.92. The zero-order chi connectivity index (χ0) is 21.6. The summed E-state index contributed by atoms with van der Waals surface area (Å²) in [5.41, 5.74) is -5.87. The molecule has 0 aliphatic carbocycles. The molecule has 4 nitrogen and oxygen atoms in total. The second-order valence-corrected chi connectivity index (χ2v) is 9.67. The normalized spacial score (nSPS) is 28.1. The molecule has 11 heteroatoms. The minimum Gasteiger partial charge on any atom is -0.373 e. The highest BCUT2D eigenvalue weighted by molar-refractivity contribution is 7.87. The van der Waals surface area contributed by atoms with Crippen LogP contribution in [0.25, 0.3) is 0 Å². The molecule has 4 atom stereocenters. The van der Waals surface area contributed by atoms with Gasteiger partial charge >= 0.3 is 12.4 Å². The highest BCUT2D eigenvalue weighted by Gasteiger charge is 2.72. The number of alkyl halides is 6. The zero-order valence-corrected chi connectivity index (χ0v) is 16.6. The van der Waals surface area contributed by atoms with Gasteiger partial charge in [-0.25, -0.2) is 0 Å². The van der Waals surface area contributed by atoms with E-state index < -0.39 is 63.1 Å². The number of halogens is 6. The first-order valence-corrected chi connectivity index (χ1v) is 10.1. The van der Waals surface area contributed by atoms with Gasteiger partial charge in [0.1, 0.15) is 0 Å². The van der Waals surface area contributed by atoms with Crippen LogP contribution in [0.5, 0.6) is 0 Å². The van der Waals surface area contributed by atoms with Crippen molar-refractivity contribution in [1.29, 1.82) is 0 Å². The Hall–Kier alpha value is -0.550.